The maximum Gasteiger partial charge on any atom is 0.146 e. The Morgan fingerprint density at radius 2 is 2.12 bits per heavy atom. The molecule has 0 saturated heterocycles. The zero-order valence-corrected chi connectivity index (χ0v) is 10.0. The molecule has 2 rings (SSSR count). The highest BCUT2D eigenvalue weighted by atomic mass is 19.1. The molecule has 1 aromatic carbocycles. The number of methoxy groups -OCH3 is 1. The number of benzene rings is 1. The Balaban J connectivity index is 2.13. The first-order valence-corrected chi connectivity index (χ1v) is 5.65. The molecule has 1 saturated carbocycles. The molecule has 2 nitrogen and oxygen atoms in total. The van der Waals surface area contributed by atoms with Crippen LogP contribution in [0.25, 0.3) is 0 Å². The Kier molecular flexibility index (Phi) is 2.78. The maximum atomic E-state index is 13.6. The van der Waals surface area contributed by atoms with Gasteiger partial charge in [-0.2, -0.15) is 0 Å². The van der Waals surface area contributed by atoms with Gasteiger partial charge >= 0.3 is 0 Å². The summed E-state index contributed by atoms with van der Waals surface area (Å²) in [6.45, 7) is 4.33. The van der Waals surface area contributed by atoms with Gasteiger partial charge in [0.25, 0.3) is 0 Å². The van der Waals surface area contributed by atoms with E-state index in [2.05, 4.69) is 19.2 Å². The fraction of sp³-hybridized carbons (Fsp3) is 0.538. The minimum Gasteiger partial charge on any atom is -0.497 e. The molecular formula is C13H18FNO. The van der Waals surface area contributed by atoms with Crippen LogP contribution in [0.5, 0.6) is 5.75 Å². The first kappa shape index (κ1) is 11.2. The Bertz CT molecular complexity index is 388. The van der Waals surface area contributed by atoms with E-state index in [1.807, 2.05) is 0 Å². The van der Waals surface area contributed by atoms with Crippen molar-refractivity contribution >= 4 is 5.69 Å². The number of nitrogens with one attached hydrogen (secondary N) is 1. The van der Waals surface area contributed by atoms with Crippen molar-refractivity contribution in [3.63, 3.8) is 0 Å². The molecule has 0 aliphatic heterocycles. The minimum absolute atomic E-state index is 0.225. The molecule has 1 N–H and O–H groups in total. The first-order valence-electron chi connectivity index (χ1n) is 5.65. The average molecular weight is 223 g/mol. The van der Waals surface area contributed by atoms with Crippen LogP contribution in [0.2, 0.25) is 0 Å². The summed E-state index contributed by atoms with van der Waals surface area (Å²) in [6, 6.07) is 5.05. The molecule has 0 heterocycles. The number of anilines is 1. The molecule has 0 radical (unpaired) electrons. The number of ether oxygens (including phenoxy) is 1. The minimum atomic E-state index is -0.225. The van der Waals surface area contributed by atoms with E-state index in [0.29, 0.717) is 16.9 Å². The number of halogens is 1. The quantitative estimate of drug-likeness (QED) is 0.844. The second-order valence-electron chi connectivity index (χ2n) is 4.87. The van der Waals surface area contributed by atoms with Crippen molar-refractivity contribution in [2.24, 2.45) is 5.41 Å². The zero-order valence-electron chi connectivity index (χ0n) is 10.0. The van der Waals surface area contributed by atoms with Gasteiger partial charge in [0, 0.05) is 12.1 Å². The van der Waals surface area contributed by atoms with Crippen molar-refractivity contribution in [1.29, 1.82) is 0 Å². The summed E-state index contributed by atoms with van der Waals surface area (Å²) in [4.78, 5) is 0. The van der Waals surface area contributed by atoms with E-state index in [4.69, 9.17) is 4.74 Å². The highest BCUT2D eigenvalue weighted by Crippen LogP contribution is 2.49. The molecule has 1 atom stereocenters. The van der Waals surface area contributed by atoms with E-state index < -0.39 is 0 Å². The molecule has 0 aromatic heterocycles. The molecule has 0 amide bonds. The second-order valence-corrected chi connectivity index (χ2v) is 4.87. The largest absolute Gasteiger partial charge is 0.497 e. The SMILES string of the molecule is COc1ccc(F)c(NC(C)C2(C)CC2)c1. The van der Waals surface area contributed by atoms with Crippen LogP contribution < -0.4 is 10.1 Å². The summed E-state index contributed by atoms with van der Waals surface area (Å²) < 4.78 is 18.6. The molecule has 1 aromatic rings. The molecule has 1 aliphatic carbocycles. The lowest BCUT2D eigenvalue weighted by Crippen LogP contribution is -2.25. The topological polar surface area (TPSA) is 21.3 Å². The highest BCUT2D eigenvalue weighted by molar-refractivity contribution is 5.50. The second kappa shape index (κ2) is 3.96. The Morgan fingerprint density at radius 1 is 1.44 bits per heavy atom. The van der Waals surface area contributed by atoms with Crippen LogP contribution in [0.1, 0.15) is 26.7 Å². The number of hydrogen-bond acceptors (Lipinski definition) is 2. The smallest absolute Gasteiger partial charge is 0.146 e. The van der Waals surface area contributed by atoms with Gasteiger partial charge in [0.2, 0.25) is 0 Å². The summed E-state index contributed by atoms with van der Waals surface area (Å²) in [5.41, 5.74) is 0.857. The predicted octanol–water partition coefficient (Wildman–Crippen LogP) is 3.43. The molecule has 16 heavy (non-hydrogen) atoms. The summed E-state index contributed by atoms with van der Waals surface area (Å²) >= 11 is 0. The molecular weight excluding hydrogens is 205 g/mol. The van der Waals surface area contributed by atoms with Crippen LogP contribution in [0.4, 0.5) is 10.1 Å². The van der Waals surface area contributed by atoms with Gasteiger partial charge in [0.1, 0.15) is 11.6 Å². The molecule has 1 aliphatic rings. The lowest BCUT2D eigenvalue weighted by atomic mass is 10.0. The van der Waals surface area contributed by atoms with Crippen LogP contribution in [0.3, 0.4) is 0 Å². The van der Waals surface area contributed by atoms with Crippen molar-refractivity contribution < 1.29 is 9.13 Å². The van der Waals surface area contributed by atoms with E-state index in [-0.39, 0.29) is 11.9 Å². The van der Waals surface area contributed by atoms with Gasteiger partial charge in [0.05, 0.1) is 12.8 Å². The van der Waals surface area contributed by atoms with Crippen molar-refractivity contribution in [3.05, 3.63) is 24.0 Å². The normalized spacial score (nSPS) is 19.0. The van der Waals surface area contributed by atoms with Gasteiger partial charge in [-0.05, 0) is 37.3 Å². The van der Waals surface area contributed by atoms with E-state index >= 15 is 0 Å². The van der Waals surface area contributed by atoms with Crippen LogP contribution in [-0.4, -0.2) is 13.2 Å². The van der Waals surface area contributed by atoms with Gasteiger partial charge < -0.3 is 10.1 Å². The van der Waals surface area contributed by atoms with Gasteiger partial charge in [0.15, 0.2) is 0 Å². The molecule has 88 valence electrons. The average Bonchev–Trinajstić information content (AvgIpc) is 3.01. The van der Waals surface area contributed by atoms with Gasteiger partial charge in [-0.1, -0.05) is 6.92 Å². The third-order valence-corrected chi connectivity index (χ3v) is 3.63. The Hall–Kier alpha value is -1.25. The molecule has 1 unspecified atom stereocenters. The summed E-state index contributed by atoms with van der Waals surface area (Å²) in [6.07, 6.45) is 2.43. The first-order chi connectivity index (χ1) is 7.55. The lowest BCUT2D eigenvalue weighted by Gasteiger charge is -2.22. The van der Waals surface area contributed by atoms with E-state index in [1.54, 1.807) is 19.2 Å². The summed E-state index contributed by atoms with van der Waals surface area (Å²) in [7, 11) is 1.59. The fourth-order valence-electron chi connectivity index (χ4n) is 1.78. The third-order valence-electron chi connectivity index (χ3n) is 3.63. The molecule has 3 heteroatoms. The summed E-state index contributed by atoms with van der Waals surface area (Å²) in [5.74, 6) is 0.453. The maximum absolute atomic E-state index is 13.6. The van der Waals surface area contributed by atoms with Crippen LogP contribution >= 0.6 is 0 Å². The predicted molar refractivity (Wildman–Crippen MR) is 63.4 cm³/mol. The van der Waals surface area contributed by atoms with Crippen LogP contribution in [0, 0.1) is 11.2 Å². The molecule has 1 fully saturated rings. The van der Waals surface area contributed by atoms with E-state index in [1.165, 1.54) is 18.9 Å². The van der Waals surface area contributed by atoms with Crippen LogP contribution in [0.15, 0.2) is 18.2 Å². The van der Waals surface area contributed by atoms with Gasteiger partial charge in [-0.3, -0.25) is 0 Å². The van der Waals surface area contributed by atoms with Gasteiger partial charge in [-0.25, -0.2) is 4.39 Å². The van der Waals surface area contributed by atoms with Crippen molar-refractivity contribution in [3.8, 4) is 5.75 Å². The Morgan fingerprint density at radius 3 is 2.69 bits per heavy atom. The van der Waals surface area contributed by atoms with Gasteiger partial charge in [-0.15, -0.1) is 0 Å². The Labute approximate surface area is 95.8 Å². The highest BCUT2D eigenvalue weighted by Gasteiger charge is 2.42. The van der Waals surface area contributed by atoms with Crippen molar-refractivity contribution in [2.75, 3.05) is 12.4 Å². The van der Waals surface area contributed by atoms with E-state index in [9.17, 15) is 4.39 Å². The van der Waals surface area contributed by atoms with Crippen molar-refractivity contribution in [2.45, 2.75) is 32.7 Å². The van der Waals surface area contributed by atoms with Crippen LogP contribution in [-0.2, 0) is 0 Å². The molecule has 0 spiro atoms. The lowest BCUT2D eigenvalue weighted by molar-refractivity contribution is 0.413. The third kappa shape index (κ3) is 2.13. The summed E-state index contributed by atoms with van der Waals surface area (Å²) in [5, 5.41) is 3.23. The number of hydrogen-bond donors (Lipinski definition) is 1. The standard InChI is InChI=1S/C13H18FNO/c1-9(13(2)6-7-13)15-12-8-10(16-3)4-5-11(12)14/h4-5,8-9,15H,6-7H2,1-3H3. The van der Waals surface area contributed by atoms with E-state index in [0.717, 1.165) is 0 Å². The monoisotopic (exact) mass is 223 g/mol. The molecule has 0 bridgehead atoms. The zero-order chi connectivity index (χ0) is 11.8. The number of rotatable bonds is 4. The van der Waals surface area contributed by atoms with Crippen molar-refractivity contribution in [1.82, 2.24) is 0 Å². The fourth-order valence-corrected chi connectivity index (χ4v) is 1.78.